The smallest absolute Gasteiger partial charge is 0.416 e. The molecule has 1 aliphatic rings. The lowest BCUT2D eigenvalue weighted by Gasteiger charge is -2.38. The second-order valence-electron chi connectivity index (χ2n) is 8.81. The van der Waals surface area contributed by atoms with Gasteiger partial charge in [0, 0.05) is 16.7 Å². The fraction of sp³-hybridized carbons (Fsp3) is 0.370. The third-order valence-corrected chi connectivity index (χ3v) is 6.42. The van der Waals surface area contributed by atoms with Crippen molar-refractivity contribution >= 4 is 0 Å². The molecule has 0 atom stereocenters. The van der Waals surface area contributed by atoms with Crippen molar-refractivity contribution in [3.05, 3.63) is 83.0 Å². The van der Waals surface area contributed by atoms with Crippen LogP contribution >= 0.6 is 0 Å². The molecule has 0 unspecified atom stereocenters. The lowest BCUT2D eigenvalue weighted by molar-refractivity contribution is -0.137. The maximum absolute atomic E-state index is 13.7. The number of rotatable bonds is 7. The summed E-state index contributed by atoms with van der Waals surface area (Å²) in [7, 11) is 1.46. The van der Waals surface area contributed by atoms with E-state index in [4.69, 9.17) is 9.47 Å². The number of alkyl halides is 3. The summed E-state index contributed by atoms with van der Waals surface area (Å²) in [6.45, 7) is 4.10. The van der Waals surface area contributed by atoms with Gasteiger partial charge in [-0.3, -0.25) is 0 Å². The Kier molecular flexibility index (Phi) is 7.24. The molecule has 34 heavy (non-hydrogen) atoms. The van der Waals surface area contributed by atoms with Gasteiger partial charge in [0.25, 0.3) is 0 Å². The van der Waals surface area contributed by atoms with Crippen molar-refractivity contribution in [3.8, 4) is 17.0 Å². The van der Waals surface area contributed by atoms with Crippen LogP contribution in [-0.4, -0.2) is 31.8 Å². The molecule has 0 radical (unpaired) electrons. The molecule has 4 nitrogen and oxygen atoms in total. The number of aryl methyl sites for hydroxylation is 1. The normalized spacial score (nSPS) is 15.8. The maximum Gasteiger partial charge on any atom is 0.416 e. The lowest BCUT2D eigenvalue weighted by Crippen LogP contribution is -2.43. The van der Waals surface area contributed by atoms with Gasteiger partial charge in [0.1, 0.15) is 0 Å². The standard InChI is InChI=1S/C27H29F3N2O2/c1-19-8-9-24(25(32-19)33-2)21-14-20(15-23(16-21)27(28,29)30)17-34-18-26(10-12-31-13-11-26)22-6-4-3-5-7-22/h3-9,14-16,31H,10-13,17-18H2,1-2H3. The van der Waals surface area contributed by atoms with Crippen LogP contribution in [0.4, 0.5) is 13.2 Å². The van der Waals surface area contributed by atoms with Gasteiger partial charge in [-0.1, -0.05) is 30.3 Å². The van der Waals surface area contributed by atoms with Gasteiger partial charge in [-0.2, -0.15) is 13.2 Å². The minimum Gasteiger partial charge on any atom is -0.481 e. The second kappa shape index (κ2) is 10.2. The van der Waals surface area contributed by atoms with Crippen LogP contribution in [0.5, 0.6) is 5.88 Å². The van der Waals surface area contributed by atoms with Gasteiger partial charge in [0.05, 0.1) is 25.9 Å². The zero-order valence-electron chi connectivity index (χ0n) is 19.4. The molecule has 1 fully saturated rings. The summed E-state index contributed by atoms with van der Waals surface area (Å²) in [5, 5.41) is 3.38. The van der Waals surface area contributed by atoms with E-state index in [2.05, 4.69) is 22.4 Å². The van der Waals surface area contributed by atoms with Gasteiger partial charge in [0.15, 0.2) is 0 Å². The van der Waals surface area contributed by atoms with Gasteiger partial charge < -0.3 is 14.8 Å². The summed E-state index contributed by atoms with van der Waals surface area (Å²) in [5.74, 6) is 0.295. The first kappa shape index (κ1) is 24.2. The van der Waals surface area contributed by atoms with Crippen LogP contribution in [0, 0.1) is 6.92 Å². The predicted molar refractivity (Wildman–Crippen MR) is 126 cm³/mol. The number of ether oxygens (including phenoxy) is 2. The van der Waals surface area contributed by atoms with Crippen LogP contribution in [-0.2, 0) is 22.9 Å². The van der Waals surface area contributed by atoms with E-state index in [1.165, 1.54) is 12.7 Å². The predicted octanol–water partition coefficient (Wildman–Crippen LogP) is 5.92. The Bertz CT molecular complexity index is 1110. The Morgan fingerprint density at radius 3 is 2.41 bits per heavy atom. The van der Waals surface area contributed by atoms with E-state index in [0.29, 0.717) is 29.2 Å². The molecule has 4 rings (SSSR count). The highest BCUT2D eigenvalue weighted by atomic mass is 19.4. The van der Waals surface area contributed by atoms with E-state index in [1.807, 2.05) is 18.2 Å². The highest BCUT2D eigenvalue weighted by Crippen LogP contribution is 2.37. The lowest BCUT2D eigenvalue weighted by atomic mass is 9.74. The van der Waals surface area contributed by atoms with Crippen molar-refractivity contribution in [2.24, 2.45) is 0 Å². The summed E-state index contributed by atoms with van der Waals surface area (Å²) < 4.78 is 52.6. The Morgan fingerprint density at radius 1 is 1.00 bits per heavy atom. The average molecular weight is 471 g/mol. The fourth-order valence-electron chi connectivity index (χ4n) is 4.58. The highest BCUT2D eigenvalue weighted by molar-refractivity contribution is 5.70. The van der Waals surface area contributed by atoms with Gasteiger partial charge in [0.2, 0.25) is 5.88 Å². The summed E-state index contributed by atoms with van der Waals surface area (Å²) in [4.78, 5) is 4.31. The third-order valence-electron chi connectivity index (χ3n) is 6.42. The van der Waals surface area contributed by atoms with Gasteiger partial charge in [-0.05, 0) is 79.9 Å². The summed E-state index contributed by atoms with van der Waals surface area (Å²) in [6.07, 6.45) is -2.65. The number of nitrogens with one attached hydrogen (secondary N) is 1. The minimum atomic E-state index is -4.48. The molecule has 0 spiro atoms. The largest absolute Gasteiger partial charge is 0.481 e. The van der Waals surface area contributed by atoms with Gasteiger partial charge >= 0.3 is 6.18 Å². The van der Waals surface area contributed by atoms with Crippen LogP contribution in [0.25, 0.3) is 11.1 Å². The van der Waals surface area contributed by atoms with Crippen LogP contribution in [0.15, 0.2) is 60.7 Å². The monoisotopic (exact) mass is 470 g/mol. The number of hydrogen-bond donors (Lipinski definition) is 1. The fourth-order valence-corrected chi connectivity index (χ4v) is 4.58. The molecule has 0 bridgehead atoms. The van der Waals surface area contributed by atoms with Crippen molar-refractivity contribution in [1.29, 1.82) is 0 Å². The molecule has 3 aromatic rings. The van der Waals surface area contributed by atoms with E-state index < -0.39 is 11.7 Å². The van der Waals surface area contributed by atoms with E-state index in [0.717, 1.165) is 43.8 Å². The maximum atomic E-state index is 13.7. The van der Waals surface area contributed by atoms with E-state index in [1.54, 1.807) is 25.1 Å². The molecular formula is C27H29F3N2O2. The van der Waals surface area contributed by atoms with Gasteiger partial charge in [-0.15, -0.1) is 0 Å². The molecule has 1 saturated heterocycles. The van der Waals surface area contributed by atoms with E-state index in [9.17, 15) is 13.2 Å². The van der Waals surface area contributed by atoms with Gasteiger partial charge in [-0.25, -0.2) is 4.98 Å². The van der Waals surface area contributed by atoms with Crippen LogP contribution < -0.4 is 10.1 Å². The van der Waals surface area contributed by atoms with Crippen molar-refractivity contribution in [3.63, 3.8) is 0 Å². The first-order valence-electron chi connectivity index (χ1n) is 11.4. The molecule has 180 valence electrons. The SMILES string of the molecule is COc1nc(C)ccc1-c1cc(COCC2(c3ccccc3)CCNCC2)cc(C(F)(F)F)c1. The number of aromatic nitrogens is 1. The number of piperidine rings is 1. The molecule has 0 saturated carbocycles. The third kappa shape index (κ3) is 5.42. The first-order chi connectivity index (χ1) is 16.3. The second-order valence-corrected chi connectivity index (χ2v) is 8.81. The highest BCUT2D eigenvalue weighted by Gasteiger charge is 2.35. The number of hydrogen-bond acceptors (Lipinski definition) is 4. The molecule has 2 heterocycles. The molecule has 1 aromatic heterocycles. The molecule has 0 aliphatic carbocycles. The van der Waals surface area contributed by atoms with Crippen LogP contribution in [0.2, 0.25) is 0 Å². The number of pyridine rings is 1. The zero-order chi connectivity index (χ0) is 24.2. The van der Waals surface area contributed by atoms with Crippen LogP contribution in [0.1, 0.15) is 35.2 Å². The Labute approximate surface area is 198 Å². The molecule has 1 N–H and O–H groups in total. The molecule has 2 aromatic carbocycles. The minimum absolute atomic E-state index is 0.0839. The van der Waals surface area contributed by atoms with Crippen molar-refractivity contribution in [2.75, 3.05) is 26.8 Å². The van der Waals surface area contributed by atoms with Crippen molar-refractivity contribution < 1.29 is 22.6 Å². The van der Waals surface area contributed by atoms with Crippen molar-refractivity contribution in [2.45, 2.75) is 38.0 Å². The molecule has 0 amide bonds. The summed E-state index contributed by atoms with van der Waals surface area (Å²) in [5.41, 5.74) is 2.44. The van der Waals surface area contributed by atoms with E-state index >= 15 is 0 Å². The molecule has 1 aliphatic heterocycles. The number of methoxy groups -OCH3 is 1. The summed E-state index contributed by atoms with van der Waals surface area (Å²) >= 11 is 0. The Hall–Kier alpha value is -2.90. The average Bonchev–Trinajstić information content (AvgIpc) is 2.84. The quantitative estimate of drug-likeness (QED) is 0.465. The zero-order valence-corrected chi connectivity index (χ0v) is 19.4. The number of benzene rings is 2. The van der Waals surface area contributed by atoms with Crippen molar-refractivity contribution in [1.82, 2.24) is 10.3 Å². The van der Waals surface area contributed by atoms with Crippen LogP contribution in [0.3, 0.4) is 0 Å². The number of nitrogens with zero attached hydrogens (tertiary/aromatic N) is 1. The topological polar surface area (TPSA) is 43.4 Å². The Balaban J connectivity index is 1.61. The Morgan fingerprint density at radius 2 is 1.74 bits per heavy atom. The summed E-state index contributed by atoms with van der Waals surface area (Å²) in [6, 6.07) is 17.7. The van der Waals surface area contributed by atoms with E-state index in [-0.39, 0.29) is 12.0 Å². The first-order valence-corrected chi connectivity index (χ1v) is 11.4. The number of halogens is 3. The molecular weight excluding hydrogens is 441 g/mol. The molecule has 7 heteroatoms.